The number of hydrogen-bond acceptors (Lipinski definition) is 7. The van der Waals surface area contributed by atoms with Crippen LogP contribution in [-0.4, -0.2) is 43.7 Å². The van der Waals surface area contributed by atoms with Crippen LogP contribution in [0, 0.1) is 6.92 Å². The van der Waals surface area contributed by atoms with Crippen molar-refractivity contribution >= 4 is 76.6 Å². The lowest BCUT2D eigenvalue weighted by atomic mass is 10.0. The van der Waals surface area contributed by atoms with Gasteiger partial charge < -0.3 is 16.0 Å². The van der Waals surface area contributed by atoms with Gasteiger partial charge in [0, 0.05) is 44.5 Å². The second-order valence-electron chi connectivity index (χ2n) is 11.4. The standard InChI is InChI=1S/C36H27N3O9S2/c1-21-5-2-8-24(15-21)34(40)37-27-17-25(35(41)38-32-9-3-6-22-19-28(49(43,44)45)11-13-30(22)32)16-26(18-27)36(42)39-33-10-4-7-23-20-29(50(46,47)48)12-14-31(23)33/h2-20H,1H3,(H,37,40)(H,38,41)(H,39,42)(H,43,44,45)(H,46,47,48). The number of benzene rings is 6. The predicted octanol–water partition coefficient (Wildman–Crippen LogP) is 6.55. The Labute approximate surface area is 286 Å². The summed E-state index contributed by atoms with van der Waals surface area (Å²) in [4.78, 5) is 39.9. The van der Waals surface area contributed by atoms with E-state index >= 15 is 0 Å². The molecule has 0 radical (unpaired) electrons. The summed E-state index contributed by atoms with van der Waals surface area (Å²) < 4.78 is 65.5. The maximum Gasteiger partial charge on any atom is 0.294 e. The predicted molar refractivity (Wildman–Crippen MR) is 189 cm³/mol. The molecule has 0 unspecified atom stereocenters. The molecule has 0 fully saturated rings. The van der Waals surface area contributed by atoms with Crippen LogP contribution >= 0.6 is 0 Å². The number of carbonyl (C=O) groups excluding carboxylic acids is 3. The fourth-order valence-corrected chi connectivity index (χ4v) is 6.43. The summed E-state index contributed by atoms with van der Waals surface area (Å²) in [6.07, 6.45) is 0. The molecule has 12 nitrogen and oxygen atoms in total. The van der Waals surface area contributed by atoms with Crippen molar-refractivity contribution < 1.29 is 40.3 Å². The first kappa shape index (κ1) is 34.0. The highest BCUT2D eigenvalue weighted by Crippen LogP contribution is 2.29. The molecule has 0 aliphatic carbocycles. The molecule has 0 aliphatic heterocycles. The van der Waals surface area contributed by atoms with Gasteiger partial charge in [0.05, 0.1) is 9.79 Å². The number of anilines is 3. The Balaban J connectivity index is 1.36. The highest BCUT2D eigenvalue weighted by atomic mass is 32.2. The normalized spacial score (nSPS) is 11.7. The van der Waals surface area contributed by atoms with E-state index in [4.69, 9.17) is 0 Å². The number of fused-ring (bicyclic) bond motifs is 2. The molecule has 3 amide bonds. The van der Waals surface area contributed by atoms with Crippen molar-refractivity contribution in [3.8, 4) is 0 Å². The second-order valence-corrected chi connectivity index (χ2v) is 14.2. The molecule has 0 aromatic heterocycles. The lowest BCUT2D eigenvalue weighted by Gasteiger charge is -2.14. The maximum atomic E-state index is 13.7. The number of aryl methyl sites for hydroxylation is 1. The zero-order chi connectivity index (χ0) is 35.8. The van der Waals surface area contributed by atoms with Crippen LogP contribution in [0.1, 0.15) is 36.6 Å². The van der Waals surface area contributed by atoms with Gasteiger partial charge in [0.25, 0.3) is 38.0 Å². The van der Waals surface area contributed by atoms with Crippen LogP contribution in [-0.2, 0) is 20.2 Å². The average molecular weight is 710 g/mol. The third-order valence-electron chi connectivity index (χ3n) is 7.79. The number of rotatable bonds is 8. The smallest absolute Gasteiger partial charge is 0.294 e. The first-order valence-electron chi connectivity index (χ1n) is 14.8. The van der Waals surface area contributed by atoms with Gasteiger partial charge in [-0.3, -0.25) is 23.5 Å². The summed E-state index contributed by atoms with van der Waals surface area (Å²) in [7, 11) is -8.92. The minimum atomic E-state index is -4.46. The minimum absolute atomic E-state index is 0.000495. The number of hydrogen-bond donors (Lipinski definition) is 5. The van der Waals surface area contributed by atoms with Crippen molar-refractivity contribution in [1.82, 2.24) is 0 Å². The summed E-state index contributed by atoms with van der Waals surface area (Å²) in [5.41, 5.74) is 1.97. The molecule has 0 aliphatic rings. The van der Waals surface area contributed by atoms with E-state index < -0.39 is 38.0 Å². The summed E-state index contributed by atoms with van der Waals surface area (Å²) in [6, 6.07) is 28.4. The molecule has 0 saturated carbocycles. The van der Waals surface area contributed by atoms with Gasteiger partial charge in [0.15, 0.2) is 0 Å². The van der Waals surface area contributed by atoms with Gasteiger partial charge in [-0.05, 0) is 84.4 Å². The molecule has 6 aromatic rings. The molecule has 5 N–H and O–H groups in total. The van der Waals surface area contributed by atoms with Crippen molar-refractivity contribution in [2.45, 2.75) is 16.7 Å². The Morgan fingerprint density at radius 2 is 0.960 bits per heavy atom. The molecule has 0 spiro atoms. The van der Waals surface area contributed by atoms with E-state index in [0.717, 1.165) is 5.56 Å². The van der Waals surface area contributed by atoms with Crippen LogP contribution in [0.25, 0.3) is 21.5 Å². The van der Waals surface area contributed by atoms with E-state index in [1.54, 1.807) is 54.6 Å². The Bertz CT molecular complexity index is 2460. The van der Waals surface area contributed by atoms with Gasteiger partial charge in [0.2, 0.25) is 0 Å². The van der Waals surface area contributed by atoms with Gasteiger partial charge in [-0.25, -0.2) is 0 Å². The zero-order valence-corrected chi connectivity index (χ0v) is 27.7. The third kappa shape index (κ3) is 7.38. The Hall–Kier alpha value is -5.93. The van der Waals surface area contributed by atoms with E-state index in [-0.39, 0.29) is 26.6 Å². The zero-order valence-electron chi connectivity index (χ0n) is 26.0. The van der Waals surface area contributed by atoms with Crippen LogP contribution < -0.4 is 16.0 Å². The Morgan fingerprint density at radius 1 is 0.500 bits per heavy atom. The summed E-state index contributed by atoms with van der Waals surface area (Å²) in [6.45, 7) is 1.83. The van der Waals surface area contributed by atoms with Crippen molar-refractivity contribution in [2.75, 3.05) is 16.0 Å². The molecule has 50 heavy (non-hydrogen) atoms. The van der Waals surface area contributed by atoms with Crippen molar-refractivity contribution in [3.63, 3.8) is 0 Å². The van der Waals surface area contributed by atoms with E-state index in [9.17, 15) is 40.3 Å². The Kier molecular flexibility index (Phi) is 8.95. The van der Waals surface area contributed by atoms with Crippen LogP contribution in [0.4, 0.5) is 17.1 Å². The largest absolute Gasteiger partial charge is 0.322 e. The lowest BCUT2D eigenvalue weighted by Crippen LogP contribution is -2.18. The molecule has 6 aromatic carbocycles. The van der Waals surface area contributed by atoms with Gasteiger partial charge in [-0.2, -0.15) is 16.8 Å². The molecular formula is C36H27N3O9S2. The maximum absolute atomic E-state index is 13.7. The van der Waals surface area contributed by atoms with Gasteiger partial charge in [-0.15, -0.1) is 0 Å². The fraction of sp³-hybridized carbons (Fsp3) is 0.0278. The van der Waals surface area contributed by atoms with E-state index in [1.807, 2.05) is 13.0 Å². The lowest BCUT2D eigenvalue weighted by molar-refractivity contribution is 0.101. The first-order valence-corrected chi connectivity index (χ1v) is 17.7. The van der Waals surface area contributed by atoms with Crippen LogP contribution in [0.3, 0.4) is 0 Å². The molecular weight excluding hydrogens is 683 g/mol. The SMILES string of the molecule is Cc1cccc(C(=O)Nc2cc(C(=O)Nc3cccc4cc(S(=O)(=O)O)ccc34)cc(C(=O)Nc3cccc4cc(S(=O)(=O)O)ccc34)c2)c1. The minimum Gasteiger partial charge on any atom is -0.322 e. The number of carbonyl (C=O) groups is 3. The number of amides is 3. The third-order valence-corrected chi connectivity index (χ3v) is 9.49. The quantitative estimate of drug-likeness (QED) is 0.109. The number of nitrogens with one attached hydrogen (secondary N) is 3. The van der Waals surface area contributed by atoms with Crippen LogP contribution in [0.15, 0.2) is 125 Å². The highest BCUT2D eigenvalue weighted by molar-refractivity contribution is 7.86. The molecule has 0 atom stereocenters. The average Bonchev–Trinajstić information content (AvgIpc) is 3.07. The molecule has 252 valence electrons. The van der Waals surface area contributed by atoms with Crippen LogP contribution in [0.2, 0.25) is 0 Å². The molecule has 0 saturated heterocycles. The topological polar surface area (TPSA) is 196 Å². The monoisotopic (exact) mass is 709 g/mol. The van der Waals surface area contributed by atoms with E-state index in [0.29, 0.717) is 38.5 Å². The fourth-order valence-electron chi connectivity index (χ4n) is 5.40. The van der Waals surface area contributed by atoms with E-state index in [1.165, 1.54) is 54.6 Å². The summed E-state index contributed by atoms with van der Waals surface area (Å²) in [5.74, 6) is -1.79. The van der Waals surface area contributed by atoms with Crippen LogP contribution in [0.5, 0.6) is 0 Å². The van der Waals surface area contributed by atoms with E-state index in [2.05, 4.69) is 16.0 Å². The van der Waals surface area contributed by atoms with Gasteiger partial charge in [-0.1, -0.05) is 54.1 Å². The molecule has 6 rings (SSSR count). The first-order chi connectivity index (χ1) is 23.7. The Morgan fingerprint density at radius 3 is 1.42 bits per heavy atom. The summed E-state index contributed by atoms with van der Waals surface area (Å²) >= 11 is 0. The molecule has 0 bridgehead atoms. The van der Waals surface area contributed by atoms with Crippen molar-refractivity contribution in [3.05, 3.63) is 138 Å². The van der Waals surface area contributed by atoms with Gasteiger partial charge in [0.1, 0.15) is 0 Å². The highest BCUT2D eigenvalue weighted by Gasteiger charge is 2.19. The molecule has 14 heteroatoms. The summed E-state index contributed by atoms with van der Waals surface area (Å²) in [5, 5.41) is 10.1. The second kappa shape index (κ2) is 13.2. The van der Waals surface area contributed by atoms with Crippen molar-refractivity contribution in [2.24, 2.45) is 0 Å². The molecule has 0 heterocycles. The van der Waals surface area contributed by atoms with Gasteiger partial charge >= 0.3 is 0 Å². The van der Waals surface area contributed by atoms with Crippen molar-refractivity contribution in [1.29, 1.82) is 0 Å².